The third kappa shape index (κ3) is 2.98. The molecule has 0 aromatic carbocycles. The number of nitrogens with one attached hydrogen (secondary N) is 2. The van der Waals surface area contributed by atoms with Gasteiger partial charge < -0.3 is 16.0 Å². The third-order valence-electron chi connectivity index (χ3n) is 4.96. The normalized spacial score (nSPS) is 24.0. The number of rotatable bonds is 4. The molecule has 0 bridgehead atoms. The maximum absolute atomic E-state index is 11.6. The zero-order chi connectivity index (χ0) is 17.3. The van der Waals surface area contributed by atoms with Crippen molar-refractivity contribution in [3.05, 3.63) is 23.8 Å². The minimum Gasteiger partial charge on any atom is -0.365 e. The summed E-state index contributed by atoms with van der Waals surface area (Å²) in [6, 6.07) is 0.228. The van der Waals surface area contributed by atoms with Gasteiger partial charge in [0.05, 0.1) is 16.8 Å². The number of hydrogen-bond donors (Lipinski definition) is 3. The summed E-state index contributed by atoms with van der Waals surface area (Å²) < 4.78 is 0. The predicted octanol–water partition coefficient (Wildman–Crippen LogP) is 1.86. The van der Waals surface area contributed by atoms with Gasteiger partial charge in [-0.25, -0.2) is 9.97 Å². The maximum Gasteiger partial charge on any atom is 0.252 e. The van der Waals surface area contributed by atoms with Gasteiger partial charge in [-0.05, 0) is 25.2 Å². The van der Waals surface area contributed by atoms with Crippen LogP contribution < -0.4 is 11.1 Å². The van der Waals surface area contributed by atoms with E-state index in [1.165, 1.54) is 6.33 Å². The molecule has 0 spiro atoms. The average Bonchev–Trinajstić information content (AvgIpc) is 2.99. The first-order valence-corrected chi connectivity index (χ1v) is 8.42. The first-order chi connectivity index (χ1) is 11.5. The highest BCUT2D eigenvalue weighted by molar-refractivity contribution is 6.04. The van der Waals surface area contributed by atoms with E-state index in [2.05, 4.69) is 27.2 Å². The van der Waals surface area contributed by atoms with Crippen LogP contribution in [0, 0.1) is 5.92 Å². The van der Waals surface area contributed by atoms with Crippen LogP contribution in [0.25, 0.3) is 11.0 Å². The fourth-order valence-electron chi connectivity index (χ4n) is 3.69. The number of H-pyrrole nitrogens is 1. The van der Waals surface area contributed by atoms with Crippen molar-refractivity contribution in [2.75, 3.05) is 0 Å². The lowest BCUT2D eigenvalue weighted by molar-refractivity contribution is -0.121. The SMILES string of the molecule is CCC(=O)N[C@@H]1CC[C@H](c2ncnc3c(C(N)=O)c[nH]c23)[C@H](C)C1. The van der Waals surface area contributed by atoms with Crippen LogP contribution in [0.2, 0.25) is 0 Å². The molecule has 1 saturated carbocycles. The van der Waals surface area contributed by atoms with Gasteiger partial charge in [-0.3, -0.25) is 9.59 Å². The Morgan fingerprint density at radius 3 is 2.83 bits per heavy atom. The second-order valence-corrected chi connectivity index (χ2v) is 6.56. The molecule has 0 aliphatic heterocycles. The lowest BCUT2D eigenvalue weighted by Crippen LogP contribution is -2.39. The average molecular weight is 329 g/mol. The molecule has 0 saturated heterocycles. The van der Waals surface area contributed by atoms with Gasteiger partial charge in [0.1, 0.15) is 11.8 Å². The summed E-state index contributed by atoms with van der Waals surface area (Å²) in [5, 5.41) is 3.09. The van der Waals surface area contributed by atoms with E-state index < -0.39 is 5.91 Å². The molecule has 3 rings (SSSR count). The highest BCUT2D eigenvalue weighted by Crippen LogP contribution is 2.39. The van der Waals surface area contributed by atoms with Crippen molar-refractivity contribution in [3.8, 4) is 0 Å². The summed E-state index contributed by atoms with van der Waals surface area (Å²) in [7, 11) is 0. The molecule has 2 aromatic heterocycles. The Hall–Kier alpha value is -2.44. The first kappa shape index (κ1) is 16.4. The fraction of sp³-hybridized carbons (Fsp3) is 0.529. The number of nitrogens with zero attached hydrogens (tertiary/aromatic N) is 2. The van der Waals surface area contributed by atoms with E-state index in [0.29, 0.717) is 23.4 Å². The van der Waals surface area contributed by atoms with Gasteiger partial charge in [0.2, 0.25) is 5.91 Å². The van der Waals surface area contributed by atoms with E-state index >= 15 is 0 Å². The molecular formula is C17H23N5O2. The molecule has 1 aliphatic rings. The Bertz CT molecular complexity index is 769. The van der Waals surface area contributed by atoms with Crippen LogP contribution in [0.4, 0.5) is 0 Å². The molecule has 1 aliphatic carbocycles. The van der Waals surface area contributed by atoms with E-state index in [1.807, 2.05) is 6.92 Å². The van der Waals surface area contributed by atoms with Crippen LogP contribution in [0.1, 0.15) is 61.5 Å². The Morgan fingerprint density at radius 1 is 1.38 bits per heavy atom. The van der Waals surface area contributed by atoms with Crippen molar-refractivity contribution >= 4 is 22.8 Å². The van der Waals surface area contributed by atoms with Crippen LogP contribution in [0.3, 0.4) is 0 Å². The third-order valence-corrected chi connectivity index (χ3v) is 4.96. The van der Waals surface area contributed by atoms with Gasteiger partial charge in [-0.2, -0.15) is 0 Å². The zero-order valence-corrected chi connectivity index (χ0v) is 14.0. The van der Waals surface area contributed by atoms with E-state index in [0.717, 1.165) is 30.5 Å². The second-order valence-electron chi connectivity index (χ2n) is 6.56. The lowest BCUT2D eigenvalue weighted by atomic mass is 9.76. The second kappa shape index (κ2) is 6.59. The smallest absolute Gasteiger partial charge is 0.252 e. The lowest BCUT2D eigenvalue weighted by Gasteiger charge is -2.34. The van der Waals surface area contributed by atoms with Gasteiger partial charge in [-0.1, -0.05) is 13.8 Å². The molecule has 3 atom stereocenters. The minimum atomic E-state index is -0.495. The van der Waals surface area contributed by atoms with E-state index in [-0.39, 0.29) is 17.9 Å². The molecule has 128 valence electrons. The quantitative estimate of drug-likeness (QED) is 0.794. The van der Waals surface area contributed by atoms with Crippen molar-refractivity contribution in [2.45, 2.75) is 51.5 Å². The number of nitrogens with two attached hydrogens (primary N) is 1. The standard InChI is InChI=1S/C17H23N5O2/c1-3-13(23)22-10-4-5-11(9(2)6-10)14-16-15(21-8-20-14)12(7-19-16)17(18)24/h7-11,19H,3-6H2,1-2H3,(H2,18,24)(H,22,23)/t9-,10-,11+/m1/s1. The summed E-state index contributed by atoms with van der Waals surface area (Å²) in [6.45, 7) is 4.05. The molecular weight excluding hydrogens is 306 g/mol. The molecule has 0 unspecified atom stereocenters. The van der Waals surface area contributed by atoms with Gasteiger partial charge >= 0.3 is 0 Å². The maximum atomic E-state index is 11.6. The van der Waals surface area contributed by atoms with Gasteiger partial charge in [0.15, 0.2) is 0 Å². The van der Waals surface area contributed by atoms with Crippen LogP contribution in [0.15, 0.2) is 12.5 Å². The summed E-state index contributed by atoms with van der Waals surface area (Å²) in [5.74, 6) is 0.250. The molecule has 2 amide bonds. The van der Waals surface area contributed by atoms with Gasteiger partial charge in [-0.15, -0.1) is 0 Å². The Kier molecular flexibility index (Phi) is 4.51. The number of carbonyl (C=O) groups excluding carboxylic acids is 2. The number of primary amides is 1. The van der Waals surface area contributed by atoms with Crippen LogP contribution >= 0.6 is 0 Å². The molecule has 2 aromatic rings. The van der Waals surface area contributed by atoms with Crippen molar-refractivity contribution in [1.29, 1.82) is 0 Å². The van der Waals surface area contributed by atoms with E-state index in [4.69, 9.17) is 5.73 Å². The topological polar surface area (TPSA) is 114 Å². The number of amides is 2. The molecule has 1 fully saturated rings. The summed E-state index contributed by atoms with van der Waals surface area (Å²) in [6.07, 6.45) is 6.39. The Morgan fingerprint density at radius 2 is 2.17 bits per heavy atom. The van der Waals surface area contributed by atoms with Crippen molar-refractivity contribution in [1.82, 2.24) is 20.3 Å². The van der Waals surface area contributed by atoms with Gasteiger partial charge in [0.25, 0.3) is 5.91 Å². The molecule has 2 heterocycles. The summed E-state index contributed by atoms with van der Waals surface area (Å²) in [4.78, 5) is 34.9. The van der Waals surface area contributed by atoms with Crippen molar-refractivity contribution in [2.24, 2.45) is 11.7 Å². The molecule has 24 heavy (non-hydrogen) atoms. The number of carbonyl (C=O) groups is 2. The minimum absolute atomic E-state index is 0.102. The van der Waals surface area contributed by atoms with Gasteiger partial charge in [0, 0.05) is 24.6 Å². The Balaban J connectivity index is 1.84. The molecule has 0 radical (unpaired) electrons. The monoisotopic (exact) mass is 329 g/mol. The number of aromatic nitrogens is 3. The molecule has 4 N–H and O–H groups in total. The largest absolute Gasteiger partial charge is 0.365 e. The fourth-order valence-corrected chi connectivity index (χ4v) is 3.69. The van der Waals surface area contributed by atoms with Crippen molar-refractivity contribution < 1.29 is 9.59 Å². The van der Waals surface area contributed by atoms with E-state index in [9.17, 15) is 9.59 Å². The molecule has 7 heteroatoms. The highest BCUT2D eigenvalue weighted by atomic mass is 16.2. The highest BCUT2D eigenvalue weighted by Gasteiger charge is 2.32. The Labute approximate surface area is 140 Å². The van der Waals surface area contributed by atoms with Crippen LogP contribution in [-0.4, -0.2) is 32.8 Å². The van der Waals surface area contributed by atoms with Crippen LogP contribution in [-0.2, 0) is 4.79 Å². The van der Waals surface area contributed by atoms with Crippen molar-refractivity contribution in [3.63, 3.8) is 0 Å². The van der Waals surface area contributed by atoms with E-state index in [1.54, 1.807) is 6.20 Å². The zero-order valence-electron chi connectivity index (χ0n) is 14.0. The number of fused-ring (bicyclic) bond motifs is 1. The summed E-state index contributed by atoms with van der Waals surface area (Å²) in [5.41, 5.74) is 8.10. The van der Waals surface area contributed by atoms with Crippen LogP contribution in [0.5, 0.6) is 0 Å². The first-order valence-electron chi connectivity index (χ1n) is 8.42. The number of hydrogen-bond acceptors (Lipinski definition) is 4. The molecule has 7 nitrogen and oxygen atoms in total. The predicted molar refractivity (Wildman–Crippen MR) is 90.4 cm³/mol. The summed E-state index contributed by atoms with van der Waals surface area (Å²) >= 11 is 0. The number of aromatic amines is 1.